The van der Waals surface area contributed by atoms with Crippen molar-refractivity contribution in [1.29, 1.82) is 0 Å². The number of hydrogen-bond donors (Lipinski definition) is 1. The van der Waals surface area contributed by atoms with Crippen LogP contribution in [0.25, 0.3) is 6.08 Å². The standard InChI is InChI=1S/C28H24BrClN2O4S2/c1-15-8-17(3)20(9-16(15)2)14-36-25-22(29)10-18(11-23(25)35-4)12-24-27(34)32(28(37)38-24)31-26(33)19-6-5-7-21(30)13-19/h5-13H,14H2,1-4H3,(H,31,33)/b24-12+. The number of aryl methyl sites for hydroxylation is 3. The third-order valence-corrected chi connectivity index (χ3v) is 8.09. The van der Waals surface area contributed by atoms with Crippen molar-refractivity contribution in [3.8, 4) is 11.5 Å². The molecule has 196 valence electrons. The maximum Gasteiger partial charge on any atom is 0.285 e. The van der Waals surface area contributed by atoms with Crippen LogP contribution >= 0.6 is 51.5 Å². The zero-order valence-electron chi connectivity index (χ0n) is 21.1. The van der Waals surface area contributed by atoms with Crippen molar-refractivity contribution < 1.29 is 19.1 Å². The first-order valence-corrected chi connectivity index (χ1v) is 13.9. The highest BCUT2D eigenvalue weighted by molar-refractivity contribution is 9.10. The van der Waals surface area contributed by atoms with Crippen LogP contribution in [0.1, 0.15) is 38.2 Å². The number of thioether (sulfide) groups is 1. The largest absolute Gasteiger partial charge is 0.493 e. The molecule has 1 aliphatic rings. The summed E-state index contributed by atoms with van der Waals surface area (Å²) in [6.45, 7) is 6.61. The van der Waals surface area contributed by atoms with E-state index in [1.807, 2.05) is 6.07 Å². The van der Waals surface area contributed by atoms with Gasteiger partial charge in [0.2, 0.25) is 0 Å². The number of hydrogen-bond acceptors (Lipinski definition) is 6. The molecule has 0 bridgehead atoms. The molecule has 6 nitrogen and oxygen atoms in total. The van der Waals surface area contributed by atoms with Crippen molar-refractivity contribution in [1.82, 2.24) is 10.4 Å². The molecule has 0 aliphatic carbocycles. The summed E-state index contributed by atoms with van der Waals surface area (Å²) in [5, 5.41) is 1.48. The quantitative estimate of drug-likeness (QED) is 0.221. The van der Waals surface area contributed by atoms with Crippen molar-refractivity contribution >= 4 is 73.7 Å². The number of nitrogens with one attached hydrogen (secondary N) is 1. The molecule has 1 heterocycles. The third-order valence-electron chi connectivity index (χ3n) is 5.97. The molecule has 0 unspecified atom stereocenters. The number of thiocarbonyl (C=S) groups is 1. The van der Waals surface area contributed by atoms with Crippen LogP contribution in [0.3, 0.4) is 0 Å². The zero-order valence-corrected chi connectivity index (χ0v) is 25.0. The number of ether oxygens (including phenoxy) is 2. The van der Waals surface area contributed by atoms with Gasteiger partial charge in [0.1, 0.15) is 6.61 Å². The summed E-state index contributed by atoms with van der Waals surface area (Å²) in [7, 11) is 1.56. The fraction of sp³-hybridized carbons (Fsp3) is 0.179. The molecule has 1 N–H and O–H groups in total. The van der Waals surface area contributed by atoms with Crippen LogP contribution in [0.2, 0.25) is 5.02 Å². The highest BCUT2D eigenvalue weighted by Crippen LogP contribution is 2.39. The first kappa shape index (κ1) is 28.2. The molecule has 10 heteroatoms. The summed E-state index contributed by atoms with van der Waals surface area (Å²) in [4.78, 5) is 26.0. The molecule has 0 spiro atoms. The van der Waals surface area contributed by atoms with Crippen LogP contribution in [0.15, 0.2) is 57.9 Å². The lowest BCUT2D eigenvalue weighted by molar-refractivity contribution is -0.123. The van der Waals surface area contributed by atoms with Gasteiger partial charge in [0, 0.05) is 10.6 Å². The monoisotopic (exact) mass is 630 g/mol. The number of nitrogens with zero attached hydrogens (tertiary/aromatic N) is 1. The van der Waals surface area contributed by atoms with Gasteiger partial charge in [0.25, 0.3) is 11.8 Å². The van der Waals surface area contributed by atoms with E-state index in [0.29, 0.717) is 43.6 Å². The molecule has 0 aromatic heterocycles. The lowest BCUT2D eigenvalue weighted by Crippen LogP contribution is -2.44. The van der Waals surface area contributed by atoms with E-state index < -0.39 is 11.8 Å². The molecular weight excluding hydrogens is 608 g/mol. The number of halogens is 2. The topological polar surface area (TPSA) is 67.9 Å². The van der Waals surface area contributed by atoms with Gasteiger partial charge in [-0.15, -0.1) is 0 Å². The normalized spacial score (nSPS) is 14.3. The molecule has 1 fully saturated rings. The third kappa shape index (κ3) is 6.23. The first-order chi connectivity index (χ1) is 18.1. The Morgan fingerprint density at radius 2 is 1.87 bits per heavy atom. The average molecular weight is 632 g/mol. The lowest BCUT2D eigenvalue weighted by atomic mass is 10.0. The van der Waals surface area contributed by atoms with Gasteiger partial charge in [0.15, 0.2) is 15.8 Å². The van der Waals surface area contributed by atoms with Crippen LogP contribution in [0.4, 0.5) is 0 Å². The summed E-state index contributed by atoms with van der Waals surface area (Å²) in [5.41, 5.74) is 8.26. The molecule has 1 aliphatic heterocycles. The second-order valence-electron chi connectivity index (χ2n) is 8.65. The Morgan fingerprint density at radius 3 is 2.58 bits per heavy atom. The average Bonchev–Trinajstić information content (AvgIpc) is 3.13. The van der Waals surface area contributed by atoms with Crippen LogP contribution in [0, 0.1) is 20.8 Å². The van der Waals surface area contributed by atoms with Gasteiger partial charge in [-0.05, 0) is 113 Å². The molecule has 0 saturated carbocycles. The number of carbonyl (C=O) groups is 2. The van der Waals surface area contributed by atoms with Crippen molar-refractivity contribution in [2.24, 2.45) is 0 Å². The van der Waals surface area contributed by atoms with Crippen LogP contribution in [-0.2, 0) is 11.4 Å². The minimum Gasteiger partial charge on any atom is -0.493 e. The van der Waals surface area contributed by atoms with Crippen LogP contribution < -0.4 is 14.9 Å². The Morgan fingerprint density at radius 1 is 1.13 bits per heavy atom. The van der Waals surface area contributed by atoms with Gasteiger partial charge in [-0.1, -0.05) is 41.6 Å². The summed E-state index contributed by atoms with van der Waals surface area (Å²) in [6, 6.07) is 14.3. The summed E-state index contributed by atoms with van der Waals surface area (Å²) >= 11 is 16.0. The number of benzene rings is 3. The molecule has 2 amide bonds. The number of amides is 2. The minimum atomic E-state index is -0.491. The van der Waals surface area contributed by atoms with E-state index in [4.69, 9.17) is 33.3 Å². The highest BCUT2D eigenvalue weighted by atomic mass is 79.9. The molecule has 0 atom stereocenters. The zero-order chi connectivity index (χ0) is 27.6. The van der Waals surface area contributed by atoms with E-state index in [2.05, 4.69) is 54.3 Å². The first-order valence-electron chi connectivity index (χ1n) is 11.5. The molecule has 1 saturated heterocycles. The van der Waals surface area contributed by atoms with Crippen molar-refractivity contribution in [2.45, 2.75) is 27.4 Å². The fourth-order valence-electron chi connectivity index (χ4n) is 3.80. The maximum absolute atomic E-state index is 13.0. The van der Waals surface area contributed by atoms with Gasteiger partial charge in [-0.25, -0.2) is 0 Å². The van der Waals surface area contributed by atoms with E-state index >= 15 is 0 Å². The molecule has 3 aromatic rings. The van der Waals surface area contributed by atoms with Gasteiger partial charge in [-0.2, -0.15) is 5.01 Å². The van der Waals surface area contributed by atoms with Crippen molar-refractivity contribution in [2.75, 3.05) is 7.11 Å². The van der Waals surface area contributed by atoms with E-state index in [-0.39, 0.29) is 4.32 Å². The summed E-state index contributed by atoms with van der Waals surface area (Å²) < 4.78 is 12.6. The molecule has 4 rings (SSSR count). The Kier molecular flexibility index (Phi) is 8.82. The van der Waals surface area contributed by atoms with Crippen LogP contribution in [0.5, 0.6) is 11.5 Å². The second-order valence-corrected chi connectivity index (χ2v) is 11.6. The SMILES string of the molecule is COc1cc(/C=C2/SC(=S)N(NC(=O)c3cccc(Cl)c3)C2=O)cc(Br)c1OCc1cc(C)c(C)cc1C. The number of rotatable bonds is 7. The maximum atomic E-state index is 13.0. The second kappa shape index (κ2) is 11.9. The molecular formula is C28H24BrClN2O4S2. The van der Waals surface area contributed by atoms with Gasteiger partial charge < -0.3 is 9.47 Å². The van der Waals surface area contributed by atoms with Crippen LogP contribution in [-0.4, -0.2) is 28.3 Å². The Balaban J connectivity index is 1.52. The number of hydrazine groups is 1. The predicted molar refractivity (Wildman–Crippen MR) is 160 cm³/mol. The number of methoxy groups -OCH3 is 1. The smallest absolute Gasteiger partial charge is 0.285 e. The fourth-order valence-corrected chi connectivity index (χ4v) is 5.74. The lowest BCUT2D eigenvalue weighted by Gasteiger charge is -2.16. The predicted octanol–water partition coefficient (Wildman–Crippen LogP) is 7.16. The van der Waals surface area contributed by atoms with E-state index in [1.54, 1.807) is 37.5 Å². The van der Waals surface area contributed by atoms with Gasteiger partial charge >= 0.3 is 0 Å². The molecule has 38 heavy (non-hydrogen) atoms. The molecule has 0 radical (unpaired) electrons. The number of carbonyl (C=O) groups excluding carboxylic acids is 2. The Hall–Kier alpha value is -2.85. The Labute approximate surface area is 244 Å². The van der Waals surface area contributed by atoms with E-state index in [9.17, 15) is 9.59 Å². The van der Waals surface area contributed by atoms with E-state index in [1.165, 1.54) is 17.2 Å². The summed E-state index contributed by atoms with van der Waals surface area (Å²) in [6.07, 6.45) is 1.69. The van der Waals surface area contributed by atoms with Crippen molar-refractivity contribution in [3.63, 3.8) is 0 Å². The Bertz CT molecular complexity index is 1490. The highest BCUT2D eigenvalue weighted by Gasteiger charge is 2.34. The summed E-state index contributed by atoms with van der Waals surface area (Å²) in [5.74, 6) is 0.145. The molecule has 3 aromatic carbocycles. The minimum absolute atomic E-state index is 0.214. The van der Waals surface area contributed by atoms with Crippen molar-refractivity contribution in [3.05, 3.63) is 96.3 Å². The van der Waals surface area contributed by atoms with E-state index in [0.717, 1.165) is 27.9 Å². The van der Waals surface area contributed by atoms with Gasteiger partial charge in [0.05, 0.1) is 16.5 Å². The van der Waals surface area contributed by atoms with Gasteiger partial charge in [-0.3, -0.25) is 15.0 Å².